The predicted molar refractivity (Wildman–Crippen MR) is 89.4 cm³/mol. The van der Waals surface area contributed by atoms with E-state index in [4.69, 9.17) is 4.74 Å². The van der Waals surface area contributed by atoms with E-state index in [2.05, 4.69) is 14.7 Å². The first-order valence-electron chi connectivity index (χ1n) is 7.36. The first-order chi connectivity index (χ1) is 11.6. The van der Waals surface area contributed by atoms with E-state index in [1.807, 2.05) is 30.3 Å². The molecule has 0 unspecified atom stereocenters. The Hall–Kier alpha value is -2.87. The first kappa shape index (κ1) is 14.7. The van der Waals surface area contributed by atoms with Gasteiger partial charge in [0.1, 0.15) is 17.3 Å². The number of hydrogen-bond donors (Lipinski definition) is 1. The van der Waals surface area contributed by atoms with E-state index >= 15 is 0 Å². The van der Waals surface area contributed by atoms with Gasteiger partial charge in [0, 0.05) is 24.4 Å². The molecule has 0 saturated carbocycles. The molecule has 1 N–H and O–H groups in total. The Kier molecular flexibility index (Phi) is 3.46. The molecule has 7 nitrogen and oxygen atoms in total. The maximum atomic E-state index is 11.8. The number of ether oxygens (including phenoxy) is 1. The van der Waals surface area contributed by atoms with Gasteiger partial charge in [-0.3, -0.25) is 4.72 Å². The largest absolute Gasteiger partial charge is 0.439 e. The van der Waals surface area contributed by atoms with Crippen LogP contribution >= 0.6 is 0 Å². The molecule has 3 aromatic rings. The third kappa shape index (κ3) is 2.83. The summed E-state index contributed by atoms with van der Waals surface area (Å²) in [7, 11) is -3.30. The minimum absolute atomic E-state index is 0.0535. The number of sulfonamides is 1. The summed E-state index contributed by atoms with van der Waals surface area (Å²) in [5.74, 6) is 1.68. The summed E-state index contributed by atoms with van der Waals surface area (Å²) >= 11 is 0. The molecule has 0 aliphatic carbocycles. The molecule has 1 aliphatic rings. The summed E-state index contributed by atoms with van der Waals surface area (Å²) in [6, 6.07) is 12.9. The average Bonchev–Trinajstić information content (AvgIpc) is 2.98. The summed E-state index contributed by atoms with van der Waals surface area (Å²) in [5, 5.41) is 0. The van der Waals surface area contributed by atoms with Crippen molar-refractivity contribution in [1.29, 1.82) is 0 Å². The first-order valence-corrected chi connectivity index (χ1v) is 9.01. The molecule has 8 heteroatoms. The van der Waals surface area contributed by atoms with Crippen LogP contribution in [0.2, 0.25) is 0 Å². The summed E-state index contributed by atoms with van der Waals surface area (Å²) < 4.78 is 33.5. The van der Waals surface area contributed by atoms with Crippen LogP contribution < -0.4 is 9.46 Å². The molecule has 1 aliphatic heterocycles. The number of aryl methyl sites for hydroxylation is 1. The minimum Gasteiger partial charge on any atom is -0.439 e. The van der Waals surface area contributed by atoms with E-state index in [9.17, 15) is 8.42 Å². The fraction of sp³-hybridized carbons (Fsp3) is 0.125. The predicted octanol–water partition coefficient (Wildman–Crippen LogP) is 2.49. The lowest BCUT2D eigenvalue weighted by molar-refractivity contribution is 0.463. The zero-order chi connectivity index (χ0) is 16.6. The Bertz CT molecular complexity index is 966. The van der Waals surface area contributed by atoms with Gasteiger partial charge >= 0.3 is 0 Å². The summed E-state index contributed by atoms with van der Waals surface area (Å²) in [5.41, 5.74) is 1.27. The molecule has 4 rings (SSSR count). The lowest BCUT2D eigenvalue weighted by Crippen LogP contribution is -2.27. The molecular formula is C16H14N4O3S. The second-order valence-corrected chi connectivity index (χ2v) is 7.20. The van der Waals surface area contributed by atoms with E-state index < -0.39 is 10.0 Å². The van der Waals surface area contributed by atoms with Crippen molar-refractivity contribution < 1.29 is 13.2 Å². The van der Waals surface area contributed by atoms with Crippen molar-refractivity contribution in [2.24, 2.45) is 0 Å². The molecule has 3 heterocycles. The molecule has 0 radical (unpaired) electrons. The molecule has 0 atom stereocenters. The van der Waals surface area contributed by atoms with Gasteiger partial charge in [-0.05, 0) is 18.2 Å². The third-order valence-corrected chi connectivity index (χ3v) is 4.89. The highest BCUT2D eigenvalue weighted by Crippen LogP contribution is 2.30. The van der Waals surface area contributed by atoms with Crippen LogP contribution in [0.15, 0.2) is 55.0 Å². The van der Waals surface area contributed by atoms with Gasteiger partial charge in [0.25, 0.3) is 0 Å². The van der Waals surface area contributed by atoms with Crippen LogP contribution in [0, 0.1) is 0 Å². The molecular weight excluding hydrogens is 328 g/mol. The van der Waals surface area contributed by atoms with E-state index in [1.165, 1.54) is 0 Å². The maximum absolute atomic E-state index is 11.8. The number of aromatic nitrogens is 3. The standard InChI is InChI=1S/C16H14N4O3S/c21-24(22)9-8-20-11-18-15(16(20)19-24)12-6-7-14(17-10-12)23-13-4-2-1-3-5-13/h1-7,10-11,19H,8-9H2. The fourth-order valence-electron chi connectivity index (χ4n) is 2.48. The Balaban J connectivity index is 1.61. The second kappa shape index (κ2) is 5.64. The monoisotopic (exact) mass is 342 g/mol. The van der Waals surface area contributed by atoms with Crippen LogP contribution in [0.1, 0.15) is 0 Å². The number of nitrogens with zero attached hydrogens (tertiary/aromatic N) is 3. The number of para-hydroxylation sites is 1. The molecule has 0 saturated heterocycles. The lowest BCUT2D eigenvalue weighted by atomic mass is 10.2. The normalized spacial score (nSPS) is 15.3. The number of pyridine rings is 1. The summed E-state index contributed by atoms with van der Waals surface area (Å²) in [4.78, 5) is 8.57. The van der Waals surface area contributed by atoms with E-state index in [1.54, 1.807) is 29.2 Å². The zero-order valence-corrected chi connectivity index (χ0v) is 13.4. The van der Waals surface area contributed by atoms with Gasteiger partial charge in [0.15, 0.2) is 0 Å². The maximum Gasteiger partial charge on any atom is 0.235 e. The number of anilines is 1. The SMILES string of the molecule is O=S1(=O)CCn2cnc(-c3ccc(Oc4ccccc4)nc3)c2N1. The van der Waals surface area contributed by atoms with Gasteiger partial charge in [0.2, 0.25) is 15.9 Å². The highest BCUT2D eigenvalue weighted by molar-refractivity contribution is 7.92. The van der Waals surface area contributed by atoms with Crippen molar-refractivity contribution in [3.05, 3.63) is 55.0 Å². The summed E-state index contributed by atoms with van der Waals surface area (Å²) in [6.07, 6.45) is 3.24. The molecule has 122 valence electrons. The van der Waals surface area contributed by atoms with Gasteiger partial charge in [0.05, 0.1) is 12.1 Å². The van der Waals surface area contributed by atoms with Crippen molar-refractivity contribution in [1.82, 2.24) is 14.5 Å². The third-order valence-electron chi connectivity index (χ3n) is 3.67. The summed E-state index contributed by atoms with van der Waals surface area (Å²) in [6.45, 7) is 0.389. The molecule has 0 amide bonds. The van der Waals surface area contributed by atoms with Crippen LogP contribution in [0.3, 0.4) is 0 Å². The van der Waals surface area contributed by atoms with Crippen molar-refractivity contribution in [2.45, 2.75) is 6.54 Å². The quantitative estimate of drug-likeness (QED) is 0.790. The Labute approximate surface area is 139 Å². The van der Waals surface area contributed by atoms with Gasteiger partial charge in [-0.2, -0.15) is 0 Å². The van der Waals surface area contributed by atoms with Gasteiger partial charge in [-0.25, -0.2) is 18.4 Å². The number of benzene rings is 1. The molecule has 24 heavy (non-hydrogen) atoms. The number of nitrogens with one attached hydrogen (secondary N) is 1. The Morgan fingerprint density at radius 3 is 2.67 bits per heavy atom. The second-order valence-electron chi connectivity index (χ2n) is 5.36. The van der Waals surface area contributed by atoms with Gasteiger partial charge in [-0.1, -0.05) is 18.2 Å². The molecule has 2 aromatic heterocycles. The lowest BCUT2D eigenvalue weighted by Gasteiger charge is -2.17. The van der Waals surface area contributed by atoms with Crippen LogP contribution in [-0.4, -0.2) is 28.7 Å². The Morgan fingerprint density at radius 1 is 1.08 bits per heavy atom. The number of rotatable bonds is 3. The molecule has 0 bridgehead atoms. The number of imidazole rings is 1. The van der Waals surface area contributed by atoms with Crippen molar-refractivity contribution in [3.63, 3.8) is 0 Å². The van der Waals surface area contributed by atoms with Crippen LogP contribution in [0.4, 0.5) is 5.82 Å². The van der Waals surface area contributed by atoms with E-state index in [0.29, 0.717) is 35.2 Å². The minimum atomic E-state index is -3.30. The van der Waals surface area contributed by atoms with Crippen LogP contribution in [0.25, 0.3) is 11.3 Å². The van der Waals surface area contributed by atoms with Crippen molar-refractivity contribution in [2.75, 3.05) is 10.5 Å². The molecule has 0 fully saturated rings. The number of hydrogen-bond acceptors (Lipinski definition) is 5. The number of fused-ring (bicyclic) bond motifs is 1. The Morgan fingerprint density at radius 2 is 1.92 bits per heavy atom. The zero-order valence-electron chi connectivity index (χ0n) is 12.6. The average molecular weight is 342 g/mol. The van der Waals surface area contributed by atoms with Crippen molar-refractivity contribution in [3.8, 4) is 22.9 Å². The van der Waals surface area contributed by atoms with Crippen molar-refractivity contribution >= 4 is 15.8 Å². The van der Waals surface area contributed by atoms with E-state index in [-0.39, 0.29) is 5.75 Å². The molecule has 1 aromatic carbocycles. The van der Waals surface area contributed by atoms with Crippen LogP contribution in [-0.2, 0) is 16.6 Å². The van der Waals surface area contributed by atoms with Gasteiger partial charge in [-0.15, -0.1) is 0 Å². The highest BCUT2D eigenvalue weighted by atomic mass is 32.2. The van der Waals surface area contributed by atoms with Crippen LogP contribution in [0.5, 0.6) is 11.6 Å². The van der Waals surface area contributed by atoms with E-state index in [0.717, 1.165) is 0 Å². The van der Waals surface area contributed by atoms with Gasteiger partial charge < -0.3 is 9.30 Å². The molecule has 0 spiro atoms. The fourth-order valence-corrected chi connectivity index (χ4v) is 3.52. The highest BCUT2D eigenvalue weighted by Gasteiger charge is 2.24. The topological polar surface area (TPSA) is 86.1 Å². The smallest absolute Gasteiger partial charge is 0.235 e.